The lowest BCUT2D eigenvalue weighted by Gasteiger charge is -2.09. The van der Waals surface area contributed by atoms with Crippen LogP contribution in [-0.4, -0.2) is 17.2 Å². The van der Waals surface area contributed by atoms with E-state index < -0.39 is 0 Å². The van der Waals surface area contributed by atoms with Crippen molar-refractivity contribution in [3.63, 3.8) is 0 Å². The second kappa shape index (κ2) is 3.86. The van der Waals surface area contributed by atoms with E-state index in [-0.39, 0.29) is 6.10 Å². The largest absolute Gasteiger partial charge is 0.489 e. The Balaban J connectivity index is 1.94. The van der Waals surface area contributed by atoms with E-state index in [9.17, 15) is 0 Å². The number of nitrogens with zero attached hydrogens (tertiary/aromatic N) is 1. The molecule has 3 nitrogen and oxygen atoms in total. The van der Waals surface area contributed by atoms with Crippen molar-refractivity contribution in [3.05, 3.63) is 18.3 Å². The van der Waals surface area contributed by atoms with Gasteiger partial charge in [0, 0.05) is 6.07 Å². The quantitative estimate of drug-likeness (QED) is 0.735. The molecule has 1 aliphatic rings. The van der Waals surface area contributed by atoms with Crippen LogP contribution in [0, 0.1) is 0 Å². The molecule has 0 aliphatic heterocycles. The first-order chi connectivity index (χ1) is 6.74. The number of aromatic nitrogens is 1. The molecule has 14 heavy (non-hydrogen) atoms. The molecule has 1 aromatic rings. The SMILES string of the molecule is CC(C)Oc1ccc(OC2CC2)cn1. The van der Waals surface area contributed by atoms with E-state index >= 15 is 0 Å². The topological polar surface area (TPSA) is 31.4 Å². The Bertz CT molecular complexity index is 268. The van der Waals surface area contributed by atoms with Crippen molar-refractivity contribution in [2.45, 2.75) is 38.9 Å². The van der Waals surface area contributed by atoms with Crippen molar-refractivity contribution in [2.75, 3.05) is 0 Å². The number of hydrogen-bond donors (Lipinski definition) is 0. The zero-order chi connectivity index (χ0) is 9.97. The summed E-state index contributed by atoms with van der Waals surface area (Å²) in [5, 5.41) is 0. The molecule has 0 spiro atoms. The van der Waals surface area contributed by atoms with Crippen LogP contribution >= 0.6 is 0 Å². The lowest BCUT2D eigenvalue weighted by atomic mass is 10.4. The fraction of sp³-hybridized carbons (Fsp3) is 0.545. The highest BCUT2D eigenvalue weighted by atomic mass is 16.5. The van der Waals surface area contributed by atoms with Gasteiger partial charge >= 0.3 is 0 Å². The molecular formula is C11H15NO2. The van der Waals surface area contributed by atoms with Gasteiger partial charge in [0.2, 0.25) is 5.88 Å². The van der Waals surface area contributed by atoms with Gasteiger partial charge in [0.05, 0.1) is 18.4 Å². The van der Waals surface area contributed by atoms with Crippen LogP contribution in [0.4, 0.5) is 0 Å². The maximum atomic E-state index is 5.57. The van der Waals surface area contributed by atoms with Gasteiger partial charge in [-0.1, -0.05) is 0 Å². The van der Waals surface area contributed by atoms with Crippen LogP contribution < -0.4 is 9.47 Å². The average Bonchev–Trinajstić information content (AvgIpc) is 2.91. The first-order valence-corrected chi connectivity index (χ1v) is 5.03. The van der Waals surface area contributed by atoms with Crippen LogP contribution in [0.15, 0.2) is 18.3 Å². The average molecular weight is 193 g/mol. The zero-order valence-corrected chi connectivity index (χ0v) is 8.56. The molecule has 76 valence electrons. The van der Waals surface area contributed by atoms with Gasteiger partial charge in [-0.05, 0) is 32.8 Å². The Hall–Kier alpha value is -1.25. The Morgan fingerprint density at radius 2 is 2.14 bits per heavy atom. The summed E-state index contributed by atoms with van der Waals surface area (Å²) < 4.78 is 11.0. The highest BCUT2D eigenvalue weighted by Gasteiger charge is 2.23. The smallest absolute Gasteiger partial charge is 0.213 e. The molecule has 1 heterocycles. The number of ether oxygens (including phenoxy) is 2. The summed E-state index contributed by atoms with van der Waals surface area (Å²) in [6.07, 6.45) is 4.65. The van der Waals surface area contributed by atoms with Crippen LogP contribution in [0.2, 0.25) is 0 Å². The summed E-state index contributed by atoms with van der Waals surface area (Å²) in [6.45, 7) is 3.96. The van der Waals surface area contributed by atoms with Gasteiger partial charge in [-0.25, -0.2) is 4.98 Å². The van der Waals surface area contributed by atoms with Crippen LogP contribution in [0.25, 0.3) is 0 Å². The van der Waals surface area contributed by atoms with E-state index in [1.165, 1.54) is 12.8 Å². The monoisotopic (exact) mass is 193 g/mol. The predicted molar refractivity (Wildman–Crippen MR) is 53.7 cm³/mol. The molecule has 0 atom stereocenters. The van der Waals surface area contributed by atoms with E-state index in [4.69, 9.17) is 9.47 Å². The Morgan fingerprint density at radius 1 is 1.36 bits per heavy atom. The first kappa shape index (κ1) is 9.31. The fourth-order valence-corrected chi connectivity index (χ4v) is 1.13. The van der Waals surface area contributed by atoms with Crippen LogP contribution in [0.3, 0.4) is 0 Å². The molecule has 2 rings (SSSR count). The minimum absolute atomic E-state index is 0.165. The molecule has 1 saturated carbocycles. The van der Waals surface area contributed by atoms with Crippen molar-refractivity contribution < 1.29 is 9.47 Å². The van der Waals surface area contributed by atoms with Gasteiger partial charge in [0.15, 0.2) is 0 Å². The number of rotatable bonds is 4. The van der Waals surface area contributed by atoms with Crippen LogP contribution in [0.1, 0.15) is 26.7 Å². The van der Waals surface area contributed by atoms with Gasteiger partial charge in [-0.3, -0.25) is 0 Å². The predicted octanol–water partition coefficient (Wildman–Crippen LogP) is 2.41. The lowest BCUT2D eigenvalue weighted by Crippen LogP contribution is -2.06. The molecular weight excluding hydrogens is 178 g/mol. The second-order valence-corrected chi connectivity index (χ2v) is 3.82. The maximum absolute atomic E-state index is 5.57. The molecule has 0 aromatic carbocycles. The third kappa shape index (κ3) is 2.62. The van der Waals surface area contributed by atoms with Gasteiger partial charge < -0.3 is 9.47 Å². The molecule has 0 N–H and O–H groups in total. The Kier molecular flexibility index (Phi) is 2.57. The van der Waals surface area contributed by atoms with E-state index in [0.717, 1.165) is 5.75 Å². The summed E-state index contributed by atoms with van der Waals surface area (Å²) in [7, 11) is 0. The van der Waals surface area contributed by atoms with Gasteiger partial charge in [-0.15, -0.1) is 0 Å². The third-order valence-corrected chi connectivity index (χ3v) is 1.89. The molecule has 0 amide bonds. The van der Waals surface area contributed by atoms with Crippen molar-refractivity contribution in [1.29, 1.82) is 0 Å². The Labute approximate surface area is 84.1 Å². The zero-order valence-electron chi connectivity index (χ0n) is 8.56. The molecule has 0 bridgehead atoms. The molecule has 3 heteroatoms. The normalized spacial score (nSPS) is 15.6. The maximum Gasteiger partial charge on any atom is 0.213 e. The van der Waals surface area contributed by atoms with Crippen molar-refractivity contribution >= 4 is 0 Å². The molecule has 0 radical (unpaired) electrons. The fourth-order valence-electron chi connectivity index (χ4n) is 1.13. The minimum Gasteiger partial charge on any atom is -0.489 e. The molecule has 0 saturated heterocycles. The number of hydrogen-bond acceptors (Lipinski definition) is 3. The molecule has 1 fully saturated rings. The lowest BCUT2D eigenvalue weighted by molar-refractivity contribution is 0.231. The molecule has 1 aliphatic carbocycles. The van der Waals surface area contributed by atoms with Crippen LogP contribution in [-0.2, 0) is 0 Å². The molecule has 1 aromatic heterocycles. The van der Waals surface area contributed by atoms with E-state index in [1.54, 1.807) is 6.20 Å². The summed E-state index contributed by atoms with van der Waals surface area (Å²) in [4.78, 5) is 4.15. The molecule has 0 unspecified atom stereocenters. The van der Waals surface area contributed by atoms with Crippen molar-refractivity contribution in [3.8, 4) is 11.6 Å². The second-order valence-electron chi connectivity index (χ2n) is 3.82. The van der Waals surface area contributed by atoms with E-state index in [2.05, 4.69) is 4.98 Å². The highest BCUT2D eigenvalue weighted by molar-refractivity contribution is 5.23. The Morgan fingerprint density at radius 3 is 2.64 bits per heavy atom. The summed E-state index contributed by atoms with van der Waals surface area (Å²) >= 11 is 0. The first-order valence-electron chi connectivity index (χ1n) is 5.03. The van der Waals surface area contributed by atoms with Gasteiger partial charge in [0.25, 0.3) is 0 Å². The van der Waals surface area contributed by atoms with Crippen molar-refractivity contribution in [1.82, 2.24) is 4.98 Å². The minimum atomic E-state index is 0.165. The van der Waals surface area contributed by atoms with Crippen molar-refractivity contribution in [2.24, 2.45) is 0 Å². The van der Waals surface area contributed by atoms with E-state index in [0.29, 0.717) is 12.0 Å². The number of pyridine rings is 1. The summed E-state index contributed by atoms with van der Waals surface area (Å²) in [5.74, 6) is 1.49. The van der Waals surface area contributed by atoms with E-state index in [1.807, 2.05) is 26.0 Å². The third-order valence-electron chi connectivity index (χ3n) is 1.89. The highest BCUT2D eigenvalue weighted by Crippen LogP contribution is 2.26. The van der Waals surface area contributed by atoms with Gasteiger partial charge in [-0.2, -0.15) is 0 Å². The van der Waals surface area contributed by atoms with Crippen LogP contribution in [0.5, 0.6) is 11.6 Å². The van der Waals surface area contributed by atoms with Gasteiger partial charge in [0.1, 0.15) is 5.75 Å². The summed E-state index contributed by atoms with van der Waals surface area (Å²) in [6, 6.07) is 3.75. The standard InChI is InChI=1S/C11H15NO2/c1-8(2)13-11-6-5-10(7-12-11)14-9-3-4-9/h5-9H,3-4H2,1-2H3. The summed E-state index contributed by atoms with van der Waals surface area (Å²) in [5.41, 5.74) is 0.